The van der Waals surface area contributed by atoms with Gasteiger partial charge in [-0.05, 0) is 37.8 Å². The van der Waals surface area contributed by atoms with E-state index in [2.05, 4.69) is 0 Å². The van der Waals surface area contributed by atoms with Gasteiger partial charge >= 0.3 is 0 Å². The Morgan fingerprint density at radius 3 is 2.68 bits per heavy atom. The average molecular weight is 301 g/mol. The molecule has 0 unspecified atom stereocenters. The summed E-state index contributed by atoms with van der Waals surface area (Å²) in [5.74, 6) is 0.654. The third kappa shape index (κ3) is 2.68. The zero-order valence-corrected chi connectivity index (χ0v) is 13.2. The highest BCUT2D eigenvalue weighted by Crippen LogP contribution is 2.38. The van der Waals surface area contributed by atoms with E-state index >= 15 is 0 Å². The second-order valence-electron chi connectivity index (χ2n) is 6.44. The third-order valence-corrected chi connectivity index (χ3v) is 5.20. The number of piperidine rings is 1. The van der Waals surface area contributed by atoms with Crippen LogP contribution in [0.15, 0.2) is 30.3 Å². The normalized spacial score (nSPS) is 31.7. The number of fused-ring (bicyclic) bond motifs is 1. The Bertz CT molecular complexity index is 557. The molecule has 4 atom stereocenters. The van der Waals surface area contributed by atoms with Gasteiger partial charge in [-0.15, -0.1) is 0 Å². The lowest BCUT2D eigenvalue weighted by atomic mass is 9.74. The number of ether oxygens (including phenoxy) is 1. The first-order chi connectivity index (χ1) is 10.6. The Kier molecular flexibility index (Phi) is 4.30. The second-order valence-corrected chi connectivity index (χ2v) is 6.44. The monoisotopic (exact) mass is 301 g/mol. The molecule has 1 saturated heterocycles. The van der Waals surface area contributed by atoms with Crippen molar-refractivity contribution in [3.63, 3.8) is 0 Å². The van der Waals surface area contributed by atoms with Crippen molar-refractivity contribution in [1.82, 2.24) is 4.90 Å². The number of nitrogens with zero attached hydrogens (tertiary/aromatic N) is 1. The largest absolute Gasteiger partial charge is 0.379 e. The maximum atomic E-state index is 13.0. The summed E-state index contributed by atoms with van der Waals surface area (Å²) in [6.07, 6.45) is 2.98. The van der Waals surface area contributed by atoms with Crippen LogP contribution >= 0.6 is 0 Å². The number of carbonyl (C=O) groups excluding carboxylic acids is 2. The Hall–Kier alpha value is -1.68. The van der Waals surface area contributed by atoms with Gasteiger partial charge in [-0.2, -0.15) is 0 Å². The van der Waals surface area contributed by atoms with E-state index in [0.717, 1.165) is 12.8 Å². The van der Waals surface area contributed by atoms with E-state index < -0.39 is 0 Å². The van der Waals surface area contributed by atoms with Crippen molar-refractivity contribution >= 4 is 11.7 Å². The van der Waals surface area contributed by atoms with Crippen molar-refractivity contribution in [1.29, 1.82) is 0 Å². The first kappa shape index (κ1) is 15.2. The molecule has 2 fully saturated rings. The molecule has 0 N–H and O–H groups in total. The zero-order valence-electron chi connectivity index (χ0n) is 13.2. The molecule has 1 aliphatic heterocycles. The van der Waals surface area contributed by atoms with Crippen LogP contribution in [0.4, 0.5) is 0 Å². The lowest BCUT2D eigenvalue weighted by molar-refractivity contribution is -0.127. The van der Waals surface area contributed by atoms with Gasteiger partial charge in [0.15, 0.2) is 0 Å². The maximum Gasteiger partial charge on any atom is 0.254 e. The lowest BCUT2D eigenvalue weighted by Gasteiger charge is -2.50. The highest BCUT2D eigenvalue weighted by atomic mass is 16.5. The van der Waals surface area contributed by atoms with Gasteiger partial charge in [0, 0.05) is 31.6 Å². The van der Waals surface area contributed by atoms with Gasteiger partial charge in [-0.3, -0.25) is 9.59 Å². The van der Waals surface area contributed by atoms with Gasteiger partial charge in [0.05, 0.1) is 12.1 Å². The van der Waals surface area contributed by atoms with Crippen LogP contribution in [0.2, 0.25) is 0 Å². The molecular formula is C18H23NO3. The Balaban J connectivity index is 1.93. The minimum atomic E-state index is -0.00939. The van der Waals surface area contributed by atoms with Crippen LogP contribution in [-0.2, 0) is 9.53 Å². The van der Waals surface area contributed by atoms with Crippen molar-refractivity contribution in [2.24, 2.45) is 5.92 Å². The molecule has 0 radical (unpaired) electrons. The predicted molar refractivity (Wildman–Crippen MR) is 83.6 cm³/mol. The Morgan fingerprint density at radius 2 is 2.00 bits per heavy atom. The van der Waals surface area contributed by atoms with E-state index in [1.54, 1.807) is 7.11 Å². The topological polar surface area (TPSA) is 46.6 Å². The molecule has 4 nitrogen and oxygen atoms in total. The van der Waals surface area contributed by atoms with E-state index in [1.807, 2.05) is 42.2 Å². The summed E-state index contributed by atoms with van der Waals surface area (Å²) in [4.78, 5) is 26.8. The summed E-state index contributed by atoms with van der Waals surface area (Å²) in [7, 11) is 1.71. The number of likely N-dealkylation sites (tertiary alicyclic amines) is 1. The molecule has 1 amide bonds. The Labute approximate surface area is 131 Å². The summed E-state index contributed by atoms with van der Waals surface area (Å²) < 4.78 is 5.62. The van der Waals surface area contributed by atoms with Crippen molar-refractivity contribution in [3.8, 4) is 0 Å². The quantitative estimate of drug-likeness (QED) is 0.843. The van der Waals surface area contributed by atoms with Gasteiger partial charge < -0.3 is 9.64 Å². The van der Waals surface area contributed by atoms with Crippen molar-refractivity contribution < 1.29 is 14.3 Å². The fraction of sp³-hybridized carbons (Fsp3) is 0.556. The number of hydrogen-bond acceptors (Lipinski definition) is 3. The summed E-state index contributed by atoms with van der Waals surface area (Å²) >= 11 is 0. The minimum Gasteiger partial charge on any atom is -0.379 e. The minimum absolute atomic E-state index is 0.00939. The highest BCUT2D eigenvalue weighted by Gasteiger charge is 2.45. The summed E-state index contributed by atoms with van der Waals surface area (Å²) in [5, 5.41) is 0. The van der Waals surface area contributed by atoms with Crippen molar-refractivity contribution in [2.45, 2.75) is 50.8 Å². The number of amides is 1. The summed E-state index contributed by atoms with van der Waals surface area (Å²) in [5.41, 5.74) is 0.683. The second kappa shape index (κ2) is 6.21. The van der Waals surface area contributed by atoms with E-state index in [9.17, 15) is 9.59 Å². The molecule has 0 bridgehead atoms. The number of benzene rings is 1. The fourth-order valence-corrected chi connectivity index (χ4v) is 3.98. The molecule has 3 rings (SSSR count). The van der Waals surface area contributed by atoms with E-state index in [-0.39, 0.29) is 29.9 Å². The number of carbonyl (C=O) groups is 2. The highest BCUT2D eigenvalue weighted by molar-refractivity contribution is 5.95. The fourth-order valence-electron chi connectivity index (χ4n) is 3.98. The average Bonchev–Trinajstić information content (AvgIpc) is 2.54. The third-order valence-electron chi connectivity index (χ3n) is 5.20. The van der Waals surface area contributed by atoms with Crippen LogP contribution in [-0.4, -0.2) is 41.9 Å². The first-order valence-corrected chi connectivity index (χ1v) is 8.04. The smallest absolute Gasteiger partial charge is 0.254 e. The summed E-state index contributed by atoms with van der Waals surface area (Å²) in [6.45, 7) is 2.03. The molecule has 0 aromatic heterocycles. The Morgan fingerprint density at radius 1 is 1.27 bits per heavy atom. The van der Waals surface area contributed by atoms with Gasteiger partial charge in [0.25, 0.3) is 5.91 Å². The van der Waals surface area contributed by atoms with Gasteiger partial charge in [0.1, 0.15) is 5.78 Å². The van der Waals surface area contributed by atoms with Gasteiger partial charge in [-0.1, -0.05) is 18.2 Å². The number of rotatable bonds is 2. The molecular weight excluding hydrogens is 278 g/mol. The van der Waals surface area contributed by atoms with Crippen LogP contribution in [0, 0.1) is 5.92 Å². The van der Waals surface area contributed by atoms with Crippen LogP contribution < -0.4 is 0 Å². The maximum absolute atomic E-state index is 13.0. The van der Waals surface area contributed by atoms with Crippen LogP contribution in [0.25, 0.3) is 0 Å². The number of ketones is 1. The summed E-state index contributed by atoms with van der Waals surface area (Å²) in [6, 6.07) is 9.34. The molecule has 22 heavy (non-hydrogen) atoms. The van der Waals surface area contributed by atoms with Crippen LogP contribution in [0.1, 0.15) is 43.0 Å². The molecule has 1 saturated carbocycles. The molecule has 4 heteroatoms. The molecule has 118 valence electrons. The van der Waals surface area contributed by atoms with Crippen molar-refractivity contribution in [2.75, 3.05) is 7.11 Å². The van der Waals surface area contributed by atoms with E-state index in [4.69, 9.17) is 4.74 Å². The van der Waals surface area contributed by atoms with Crippen molar-refractivity contribution in [3.05, 3.63) is 35.9 Å². The molecule has 1 aromatic carbocycles. The molecule has 2 aliphatic rings. The molecule has 1 heterocycles. The molecule has 0 spiro atoms. The predicted octanol–water partition coefficient (Wildman–Crippen LogP) is 2.67. The first-order valence-electron chi connectivity index (χ1n) is 8.04. The van der Waals surface area contributed by atoms with E-state index in [1.165, 1.54) is 0 Å². The number of hydrogen-bond donors (Lipinski definition) is 0. The van der Waals surface area contributed by atoms with E-state index in [0.29, 0.717) is 24.3 Å². The standard InChI is InChI=1S/C18H23NO3/c1-12-17(22-2)10-14-8-9-15(20)11-16(14)19(12)18(21)13-6-4-3-5-7-13/h3-7,12,14,16-17H,8-11H2,1-2H3/t12-,14+,16+,17-/m0/s1. The number of Topliss-reactive ketones (excluding diaryl/α,β-unsaturated/α-hetero) is 1. The van der Waals surface area contributed by atoms with Crippen LogP contribution in [0.5, 0.6) is 0 Å². The van der Waals surface area contributed by atoms with Crippen LogP contribution in [0.3, 0.4) is 0 Å². The SMILES string of the molecule is CO[C@H]1C[C@H]2CCC(=O)C[C@H]2N(C(=O)c2ccccc2)[C@H]1C. The number of methoxy groups -OCH3 is 1. The van der Waals surface area contributed by atoms with Gasteiger partial charge in [0.2, 0.25) is 0 Å². The van der Waals surface area contributed by atoms with Gasteiger partial charge in [-0.25, -0.2) is 0 Å². The molecule has 1 aliphatic carbocycles. The molecule has 1 aromatic rings. The lowest BCUT2D eigenvalue weighted by Crippen LogP contribution is -2.60. The zero-order chi connectivity index (χ0) is 15.7.